The molecule has 0 spiro atoms. The lowest BCUT2D eigenvalue weighted by atomic mass is 10.1. The third-order valence-corrected chi connectivity index (χ3v) is 8.70. The van der Waals surface area contributed by atoms with Gasteiger partial charge in [-0.05, 0) is 36.1 Å². The standard InChI is InChI=1S/C30H32N2S2/c1-25(29-19-11-5-12-20-29)31(23-27-15-7-3-8-16-27)33-34-32(24-28-17-9-4-10-18-28)26(2)30-21-13-6-14-22-30/h3-22,25-26H,23-24H2,1-2H3/t25-,26-/m1/s1. The van der Waals surface area contributed by atoms with Crippen LogP contribution >= 0.6 is 22.0 Å². The predicted molar refractivity (Wildman–Crippen MR) is 149 cm³/mol. The Morgan fingerprint density at radius 3 is 1.09 bits per heavy atom. The first-order valence-corrected chi connectivity index (χ1v) is 13.8. The highest BCUT2D eigenvalue weighted by Gasteiger charge is 2.22. The van der Waals surface area contributed by atoms with Crippen molar-refractivity contribution < 1.29 is 0 Å². The van der Waals surface area contributed by atoms with Crippen LogP contribution in [0, 0.1) is 0 Å². The van der Waals surface area contributed by atoms with Gasteiger partial charge in [-0.15, -0.1) is 0 Å². The van der Waals surface area contributed by atoms with E-state index in [1.807, 2.05) is 22.0 Å². The smallest absolute Gasteiger partial charge is 0.0435 e. The van der Waals surface area contributed by atoms with Gasteiger partial charge in [-0.25, -0.2) is 8.61 Å². The number of hydrogen-bond acceptors (Lipinski definition) is 4. The van der Waals surface area contributed by atoms with Gasteiger partial charge in [0.05, 0.1) is 0 Å². The van der Waals surface area contributed by atoms with Crippen LogP contribution in [-0.2, 0) is 13.1 Å². The highest BCUT2D eigenvalue weighted by molar-refractivity contribution is 8.74. The van der Waals surface area contributed by atoms with E-state index < -0.39 is 0 Å². The molecular weight excluding hydrogens is 452 g/mol. The maximum Gasteiger partial charge on any atom is 0.0435 e. The average molecular weight is 485 g/mol. The van der Waals surface area contributed by atoms with Crippen LogP contribution in [-0.4, -0.2) is 8.61 Å². The van der Waals surface area contributed by atoms with Crippen LogP contribution in [0.15, 0.2) is 121 Å². The summed E-state index contributed by atoms with van der Waals surface area (Å²) >= 11 is 0. The van der Waals surface area contributed by atoms with Crippen molar-refractivity contribution in [2.75, 3.05) is 0 Å². The minimum Gasteiger partial charge on any atom is -0.229 e. The van der Waals surface area contributed by atoms with Crippen molar-refractivity contribution in [2.45, 2.75) is 39.0 Å². The van der Waals surface area contributed by atoms with Crippen LogP contribution in [0.2, 0.25) is 0 Å². The van der Waals surface area contributed by atoms with Gasteiger partial charge in [0.15, 0.2) is 0 Å². The lowest BCUT2D eigenvalue weighted by Gasteiger charge is -2.32. The van der Waals surface area contributed by atoms with E-state index in [-0.39, 0.29) is 12.1 Å². The zero-order chi connectivity index (χ0) is 23.6. The third-order valence-electron chi connectivity index (χ3n) is 6.02. The summed E-state index contributed by atoms with van der Waals surface area (Å²) in [5.74, 6) is 0. The Morgan fingerprint density at radius 1 is 0.471 bits per heavy atom. The molecule has 0 aromatic heterocycles. The van der Waals surface area contributed by atoms with Crippen molar-refractivity contribution in [3.05, 3.63) is 144 Å². The molecule has 0 heterocycles. The van der Waals surface area contributed by atoms with E-state index in [2.05, 4.69) is 144 Å². The fourth-order valence-corrected chi connectivity index (χ4v) is 6.54. The number of nitrogens with zero attached hydrogens (tertiary/aromatic N) is 2. The quantitative estimate of drug-likeness (QED) is 0.155. The van der Waals surface area contributed by atoms with Gasteiger partial charge >= 0.3 is 0 Å². The molecule has 0 aliphatic rings. The Balaban J connectivity index is 1.55. The fraction of sp³-hybridized carbons (Fsp3) is 0.200. The van der Waals surface area contributed by atoms with Crippen molar-refractivity contribution >= 4 is 22.0 Å². The summed E-state index contributed by atoms with van der Waals surface area (Å²) in [4.78, 5) is 0. The first-order chi connectivity index (χ1) is 16.7. The molecular formula is C30H32N2S2. The molecule has 174 valence electrons. The molecule has 0 unspecified atom stereocenters. The Bertz CT molecular complexity index is 1000. The molecule has 0 amide bonds. The lowest BCUT2D eigenvalue weighted by Crippen LogP contribution is -2.23. The SMILES string of the molecule is C[C@H](c1ccccc1)N(Cc1ccccc1)SSN(Cc1ccccc1)[C@H](C)c1ccccc1. The van der Waals surface area contributed by atoms with E-state index in [1.54, 1.807) is 0 Å². The van der Waals surface area contributed by atoms with Gasteiger partial charge in [0, 0.05) is 47.1 Å². The highest BCUT2D eigenvalue weighted by Crippen LogP contribution is 2.42. The molecule has 4 heteroatoms. The van der Waals surface area contributed by atoms with Crippen LogP contribution in [0.5, 0.6) is 0 Å². The van der Waals surface area contributed by atoms with Gasteiger partial charge in [0.1, 0.15) is 0 Å². The number of rotatable bonds is 11. The van der Waals surface area contributed by atoms with Gasteiger partial charge in [0.25, 0.3) is 0 Å². The molecule has 0 saturated heterocycles. The van der Waals surface area contributed by atoms with E-state index >= 15 is 0 Å². The van der Waals surface area contributed by atoms with Gasteiger partial charge < -0.3 is 0 Å². The predicted octanol–water partition coefficient (Wildman–Crippen LogP) is 8.72. The Morgan fingerprint density at radius 2 is 0.765 bits per heavy atom. The number of benzene rings is 4. The maximum atomic E-state index is 2.49. The lowest BCUT2D eigenvalue weighted by molar-refractivity contribution is 0.372. The normalized spacial score (nSPS) is 13.2. The van der Waals surface area contributed by atoms with Crippen LogP contribution < -0.4 is 0 Å². The molecule has 0 aliphatic heterocycles. The zero-order valence-corrected chi connectivity index (χ0v) is 21.5. The van der Waals surface area contributed by atoms with Crippen molar-refractivity contribution in [3.8, 4) is 0 Å². The average Bonchev–Trinajstić information content (AvgIpc) is 2.91. The molecule has 0 N–H and O–H groups in total. The van der Waals surface area contributed by atoms with E-state index in [0.29, 0.717) is 0 Å². The molecule has 4 rings (SSSR count). The van der Waals surface area contributed by atoms with Crippen molar-refractivity contribution in [3.63, 3.8) is 0 Å². The minimum atomic E-state index is 0.282. The molecule has 4 aromatic carbocycles. The van der Waals surface area contributed by atoms with Crippen LogP contribution in [0.25, 0.3) is 0 Å². The van der Waals surface area contributed by atoms with Crippen LogP contribution in [0.4, 0.5) is 0 Å². The van der Waals surface area contributed by atoms with Gasteiger partial charge in [-0.3, -0.25) is 0 Å². The summed E-state index contributed by atoms with van der Waals surface area (Å²) in [5.41, 5.74) is 5.31. The first-order valence-electron chi connectivity index (χ1n) is 11.8. The molecule has 2 atom stereocenters. The van der Waals surface area contributed by atoms with Gasteiger partial charge in [0.2, 0.25) is 0 Å². The first kappa shape index (κ1) is 24.6. The highest BCUT2D eigenvalue weighted by atomic mass is 33.1. The van der Waals surface area contributed by atoms with Crippen LogP contribution in [0.1, 0.15) is 48.2 Å². The zero-order valence-electron chi connectivity index (χ0n) is 19.8. The summed E-state index contributed by atoms with van der Waals surface area (Å²) in [6.07, 6.45) is 0. The molecule has 0 fully saturated rings. The monoisotopic (exact) mass is 484 g/mol. The number of hydrogen-bond donors (Lipinski definition) is 0. The second-order valence-electron chi connectivity index (χ2n) is 8.44. The Kier molecular flexibility index (Phi) is 9.28. The summed E-state index contributed by atoms with van der Waals surface area (Å²) < 4.78 is 4.98. The fourth-order valence-electron chi connectivity index (χ4n) is 3.86. The maximum absolute atomic E-state index is 2.49. The molecule has 4 aromatic rings. The van der Waals surface area contributed by atoms with Gasteiger partial charge in [-0.1, -0.05) is 121 Å². The van der Waals surface area contributed by atoms with Crippen molar-refractivity contribution in [1.82, 2.24) is 8.61 Å². The van der Waals surface area contributed by atoms with E-state index in [1.165, 1.54) is 22.3 Å². The van der Waals surface area contributed by atoms with E-state index in [9.17, 15) is 0 Å². The summed E-state index contributed by atoms with van der Waals surface area (Å²) in [6.45, 7) is 6.36. The third kappa shape index (κ3) is 7.00. The summed E-state index contributed by atoms with van der Waals surface area (Å²) in [5, 5.41) is 0. The largest absolute Gasteiger partial charge is 0.229 e. The molecule has 0 radical (unpaired) electrons. The topological polar surface area (TPSA) is 6.48 Å². The van der Waals surface area contributed by atoms with Crippen molar-refractivity contribution in [1.29, 1.82) is 0 Å². The Labute approximate surface area is 212 Å². The van der Waals surface area contributed by atoms with Gasteiger partial charge in [-0.2, -0.15) is 0 Å². The Hall–Kier alpha value is -2.50. The van der Waals surface area contributed by atoms with Crippen molar-refractivity contribution in [2.24, 2.45) is 0 Å². The molecule has 34 heavy (non-hydrogen) atoms. The second kappa shape index (κ2) is 12.8. The second-order valence-corrected chi connectivity index (χ2v) is 10.6. The van der Waals surface area contributed by atoms with E-state index in [0.717, 1.165) is 13.1 Å². The molecule has 2 nitrogen and oxygen atoms in total. The summed E-state index contributed by atoms with van der Waals surface area (Å²) in [6, 6.07) is 43.7. The minimum absolute atomic E-state index is 0.282. The summed E-state index contributed by atoms with van der Waals surface area (Å²) in [7, 11) is 3.69. The van der Waals surface area contributed by atoms with Crippen LogP contribution in [0.3, 0.4) is 0 Å². The molecule has 0 bridgehead atoms. The molecule has 0 saturated carbocycles. The van der Waals surface area contributed by atoms with E-state index in [4.69, 9.17) is 0 Å². The molecule has 0 aliphatic carbocycles.